The lowest BCUT2D eigenvalue weighted by molar-refractivity contribution is 0.321. The van der Waals surface area contributed by atoms with Crippen molar-refractivity contribution in [3.8, 4) is 5.75 Å². The van der Waals surface area contributed by atoms with Gasteiger partial charge in [0.25, 0.3) is 0 Å². The quantitative estimate of drug-likeness (QED) is 0.755. The van der Waals surface area contributed by atoms with Crippen LogP contribution in [0, 0.1) is 12.7 Å². The summed E-state index contributed by atoms with van der Waals surface area (Å²) in [6.07, 6.45) is 1.91. The summed E-state index contributed by atoms with van der Waals surface area (Å²) in [5.74, 6) is 0.441. The fraction of sp³-hybridized carbons (Fsp3) is 0.438. The van der Waals surface area contributed by atoms with Gasteiger partial charge in [-0.2, -0.15) is 0 Å². The van der Waals surface area contributed by atoms with Crippen LogP contribution in [-0.2, 0) is 13.0 Å². The first-order valence-electron chi connectivity index (χ1n) is 7.23. The van der Waals surface area contributed by atoms with Crippen molar-refractivity contribution in [3.63, 3.8) is 0 Å². The van der Waals surface area contributed by atoms with Crippen molar-refractivity contribution >= 4 is 11.3 Å². The van der Waals surface area contributed by atoms with Crippen molar-refractivity contribution in [1.29, 1.82) is 0 Å². The van der Waals surface area contributed by atoms with Gasteiger partial charge in [-0.25, -0.2) is 9.37 Å². The molecule has 0 radical (unpaired) electrons. The Balaban J connectivity index is 1.80. The molecular weight excluding hydrogens is 287 g/mol. The van der Waals surface area contributed by atoms with Gasteiger partial charge in [0.1, 0.15) is 11.6 Å². The first-order chi connectivity index (χ1) is 10.2. The second kappa shape index (κ2) is 8.10. The number of nitrogens with one attached hydrogen (secondary N) is 1. The smallest absolute Gasteiger partial charge is 0.123 e. The van der Waals surface area contributed by atoms with E-state index in [9.17, 15) is 4.39 Å². The van der Waals surface area contributed by atoms with Crippen LogP contribution in [0.1, 0.15) is 28.9 Å². The average Bonchev–Trinajstić information content (AvgIpc) is 2.82. The molecule has 1 aromatic heterocycles. The van der Waals surface area contributed by atoms with E-state index >= 15 is 0 Å². The monoisotopic (exact) mass is 308 g/mol. The third-order valence-corrected chi connectivity index (χ3v) is 4.26. The van der Waals surface area contributed by atoms with E-state index in [0.717, 1.165) is 36.6 Å². The van der Waals surface area contributed by atoms with Crippen LogP contribution in [0.5, 0.6) is 5.75 Å². The molecule has 114 valence electrons. The fourth-order valence-electron chi connectivity index (χ4n) is 1.92. The molecule has 0 unspecified atom stereocenters. The number of nitrogens with zero attached hydrogens (tertiary/aromatic N) is 1. The minimum atomic E-state index is -0.248. The third kappa shape index (κ3) is 5.10. The van der Waals surface area contributed by atoms with Crippen LogP contribution in [0.25, 0.3) is 0 Å². The molecule has 0 aliphatic rings. The molecule has 5 heteroatoms. The summed E-state index contributed by atoms with van der Waals surface area (Å²) in [5, 5.41) is 4.48. The third-order valence-electron chi connectivity index (χ3n) is 3.05. The number of hydrogen-bond acceptors (Lipinski definition) is 4. The van der Waals surface area contributed by atoms with Gasteiger partial charge in [-0.3, -0.25) is 0 Å². The molecule has 0 aliphatic heterocycles. The Bertz CT molecular complexity index is 554. The molecule has 0 fully saturated rings. The molecule has 2 aromatic rings. The Morgan fingerprint density at radius 1 is 1.29 bits per heavy atom. The second-order valence-electron chi connectivity index (χ2n) is 4.85. The van der Waals surface area contributed by atoms with Crippen molar-refractivity contribution < 1.29 is 9.13 Å². The predicted molar refractivity (Wildman–Crippen MR) is 84.4 cm³/mol. The van der Waals surface area contributed by atoms with Crippen LogP contribution in [0.4, 0.5) is 4.39 Å². The topological polar surface area (TPSA) is 34.1 Å². The summed E-state index contributed by atoms with van der Waals surface area (Å²) in [7, 11) is 0. The minimum Gasteiger partial charge on any atom is -0.493 e. The number of hydrogen-bond donors (Lipinski definition) is 1. The lowest BCUT2D eigenvalue weighted by Gasteiger charge is -2.04. The lowest BCUT2D eigenvalue weighted by atomic mass is 10.3. The molecule has 1 heterocycles. The summed E-state index contributed by atoms with van der Waals surface area (Å²) in [5.41, 5.74) is 1.10. The highest BCUT2D eigenvalue weighted by atomic mass is 32.1. The van der Waals surface area contributed by atoms with E-state index in [2.05, 4.69) is 17.2 Å². The van der Waals surface area contributed by atoms with E-state index in [0.29, 0.717) is 12.4 Å². The molecule has 0 amide bonds. The highest BCUT2D eigenvalue weighted by molar-refractivity contribution is 7.11. The van der Waals surface area contributed by atoms with Crippen molar-refractivity contribution in [2.75, 3.05) is 13.2 Å². The largest absolute Gasteiger partial charge is 0.493 e. The average molecular weight is 308 g/mol. The molecule has 0 saturated carbocycles. The molecule has 1 aromatic carbocycles. The summed E-state index contributed by atoms with van der Waals surface area (Å²) in [6.45, 7) is 6.67. The molecule has 0 bridgehead atoms. The first kappa shape index (κ1) is 15.9. The SMILES string of the molecule is CCCNCc1sc(CCOc2ccc(F)cc2)nc1C. The normalized spacial score (nSPS) is 10.8. The standard InChI is InChI=1S/C16H21FN2OS/c1-3-9-18-11-15-12(2)19-16(21-15)8-10-20-14-6-4-13(17)5-7-14/h4-7,18H,3,8-11H2,1-2H3. The first-order valence-corrected chi connectivity index (χ1v) is 8.05. The predicted octanol–water partition coefficient (Wildman–Crippen LogP) is 3.71. The van der Waals surface area contributed by atoms with E-state index in [1.54, 1.807) is 23.5 Å². The molecule has 21 heavy (non-hydrogen) atoms. The van der Waals surface area contributed by atoms with Gasteiger partial charge in [-0.15, -0.1) is 11.3 Å². The highest BCUT2D eigenvalue weighted by Crippen LogP contribution is 2.19. The van der Waals surface area contributed by atoms with Crippen LogP contribution in [0.2, 0.25) is 0 Å². The maximum absolute atomic E-state index is 12.8. The zero-order chi connectivity index (χ0) is 15.1. The zero-order valence-corrected chi connectivity index (χ0v) is 13.3. The lowest BCUT2D eigenvalue weighted by Crippen LogP contribution is -2.13. The van der Waals surface area contributed by atoms with E-state index in [4.69, 9.17) is 4.74 Å². The van der Waals surface area contributed by atoms with Gasteiger partial charge in [-0.05, 0) is 44.2 Å². The molecule has 1 N–H and O–H groups in total. The van der Waals surface area contributed by atoms with Gasteiger partial charge < -0.3 is 10.1 Å². The van der Waals surface area contributed by atoms with Crippen LogP contribution in [0.3, 0.4) is 0 Å². The maximum Gasteiger partial charge on any atom is 0.123 e. The molecule has 0 saturated heterocycles. The zero-order valence-electron chi connectivity index (χ0n) is 12.5. The Morgan fingerprint density at radius 3 is 2.76 bits per heavy atom. The Morgan fingerprint density at radius 2 is 2.05 bits per heavy atom. The van der Waals surface area contributed by atoms with Crippen molar-refractivity contribution in [1.82, 2.24) is 10.3 Å². The molecule has 0 aliphatic carbocycles. The number of halogens is 1. The fourth-order valence-corrected chi connectivity index (χ4v) is 2.94. The van der Waals surface area contributed by atoms with E-state index < -0.39 is 0 Å². The van der Waals surface area contributed by atoms with Gasteiger partial charge in [-0.1, -0.05) is 6.92 Å². The highest BCUT2D eigenvalue weighted by Gasteiger charge is 2.07. The number of benzene rings is 1. The van der Waals surface area contributed by atoms with Crippen LogP contribution >= 0.6 is 11.3 Å². The number of ether oxygens (including phenoxy) is 1. The maximum atomic E-state index is 12.8. The molecule has 2 rings (SSSR count). The summed E-state index contributed by atoms with van der Waals surface area (Å²) >= 11 is 1.73. The van der Waals surface area contributed by atoms with Crippen molar-refractivity contribution in [2.45, 2.75) is 33.2 Å². The summed E-state index contributed by atoms with van der Waals surface area (Å²) in [4.78, 5) is 5.87. The van der Waals surface area contributed by atoms with Gasteiger partial charge in [0, 0.05) is 17.8 Å². The van der Waals surface area contributed by atoms with Gasteiger partial charge in [0.15, 0.2) is 0 Å². The van der Waals surface area contributed by atoms with Crippen LogP contribution in [-0.4, -0.2) is 18.1 Å². The molecular formula is C16H21FN2OS. The molecule has 0 spiro atoms. The van der Waals surface area contributed by atoms with Gasteiger partial charge in [0.2, 0.25) is 0 Å². The van der Waals surface area contributed by atoms with Gasteiger partial charge in [0.05, 0.1) is 17.3 Å². The van der Waals surface area contributed by atoms with Crippen LogP contribution in [0.15, 0.2) is 24.3 Å². The van der Waals surface area contributed by atoms with Crippen LogP contribution < -0.4 is 10.1 Å². The van der Waals surface area contributed by atoms with E-state index in [1.165, 1.54) is 17.0 Å². The van der Waals surface area contributed by atoms with Gasteiger partial charge >= 0.3 is 0 Å². The number of rotatable bonds is 8. The number of aryl methyl sites for hydroxylation is 1. The Labute approximate surface area is 129 Å². The summed E-state index contributed by atoms with van der Waals surface area (Å²) in [6, 6.07) is 6.09. The van der Waals surface area contributed by atoms with Crippen molar-refractivity contribution in [2.24, 2.45) is 0 Å². The van der Waals surface area contributed by atoms with E-state index in [-0.39, 0.29) is 5.82 Å². The second-order valence-corrected chi connectivity index (χ2v) is 6.01. The Kier molecular flexibility index (Phi) is 6.14. The Hall–Kier alpha value is -1.46. The van der Waals surface area contributed by atoms with E-state index in [1.807, 2.05) is 6.92 Å². The number of thiazole rings is 1. The van der Waals surface area contributed by atoms with Crippen molar-refractivity contribution in [3.05, 3.63) is 45.7 Å². The molecule has 0 atom stereocenters. The number of aromatic nitrogens is 1. The minimum absolute atomic E-state index is 0.248. The molecule has 3 nitrogen and oxygen atoms in total. The summed E-state index contributed by atoms with van der Waals surface area (Å²) < 4.78 is 18.4.